The van der Waals surface area contributed by atoms with Crippen LogP contribution in [-0.2, 0) is 11.8 Å². The van der Waals surface area contributed by atoms with Crippen LogP contribution in [0.15, 0.2) is 24.5 Å². The van der Waals surface area contributed by atoms with Crippen LogP contribution in [0.4, 0.5) is 17.5 Å². The number of nitrogen functional groups attached to an aromatic ring is 1. The number of rotatable bonds is 5. The minimum absolute atomic E-state index is 0.0558. The fourth-order valence-corrected chi connectivity index (χ4v) is 3.86. The molecule has 0 bridgehead atoms. The number of benzene rings is 1. The van der Waals surface area contributed by atoms with Gasteiger partial charge in [0.05, 0.1) is 24.9 Å². The zero-order valence-corrected chi connectivity index (χ0v) is 17.5. The van der Waals surface area contributed by atoms with E-state index in [9.17, 15) is 4.79 Å². The Kier molecular flexibility index (Phi) is 5.49. The van der Waals surface area contributed by atoms with Crippen molar-refractivity contribution < 1.29 is 9.53 Å². The Balaban J connectivity index is 1.50. The van der Waals surface area contributed by atoms with Crippen LogP contribution in [0.25, 0.3) is 10.9 Å². The number of aryl methyl sites for hydroxylation is 1. The number of nitrogens with two attached hydrogens (primary N) is 1. The van der Waals surface area contributed by atoms with E-state index in [-0.39, 0.29) is 17.8 Å². The Hall–Kier alpha value is -3.27. The van der Waals surface area contributed by atoms with Gasteiger partial charge in [-0.05, 0) is 18.9 Å². The molecule has 0 unspecified atom stereocenters. The van der Waals surface area contributed by atoms with Crippen molar-refractivity contribution in [3.8, 4) is 5.75 Å². The monoisotopic (exact) mass is 430 g/mol. The van der Waals surface area contributed by atoms with Crippen LogP contribution in [0.5, 0.6) is 5.75 Å². The maximum absolute atomic E-state index is 12.8. The molecule has 3 heterocycles. The summed E-state index contributed by atoms with van der Waals surface area (Å²) in [7, 11) is 3.40. The Morgan fingerprint density at radius 1 is 1.37 bits per heavy atom. The van der Waals surface area contributed by atoms with E-state index in [1.165, 1.54) is 7.11 Å². The van der Waals surface area contributed by atoms with Crippen molar-refractivity contribution in [1.29, 1.82) is 0 Å². The van der Waals surface area contributed by atoms with Crippen LogP contribution in [0.3, 0.4) is 0 Å². The van der Waals surface area contributed by atoms with Gasteiger partial charge in [-0.3, -0.25) is 20.3 Å². The minimum atomic E-state index is -0.171. The van der Waals surface area contributed by atoms with Crippen molar-refractivity contribution in [2.45, 2.75) is 12.8 Å². The molecule has 158 valence electrons. The van der Waals surface area contributed by atoms with Crippen LogP contribution < -0.4 is 26.2 Å². The number of nitrogens with zero attached hydrogens (tertiary/aromatic N) is 5. The fraction of sp³-hybridized carbons (Fsp3) is 0.368. The van der Waals surface area contributed by atoms with Gasteiger partial charge in [0.25, 0.3) is 0 Å². The van der Waals surface area contributed by atoms with Gasteiger partial charge in [0.15, 0.2) is 5.82 Å². The molecule has 1 saturated heterocycles. The minimum Gasteiger partial charge on any atom is -0.494 e. The van der Waals surface area contributed by atoms with E-state index in [0.29, 0.717) is 34.0 Å². The quantitative estimate of drug-likeness (QED) is 0.525. The van der Waals surface area contributed by atoms with Crippen LogP contribution in [0.2, 0.25) is 5.02 Å². The lowest BCUT2D eigenvalue weighted by Crippen LogP contribution is -2.44. The lowest BCUT2D eigenvalue weighted by atomic mass is 9.97. The van der Waals surface area contributed by atoms with Crippen LogP contribution >= 0.6 is 11.6 Å². The molecule has 11 heteroatoms. The first-order chi connectivity index (χ1) is 14.4. The summed E-state index contributed by atoms with van der Waals surface area (Å²) in [6, 6.07) is 3.34. The summed E-state index contributed by atoms with van der Waals surface area (Å²) >= 11 is 6.18. The second kappa shape index (κ2) is 8.23. The number of hydrogen-bond donors (Lipinski definition) is 3. The molecule has 30 heavy (non-hydrogen) atoms. The molecule has 1 amide bonds. The Labute approximate surface area is 178 Å². The molecule has 4 N–H and O–H groups in total. The molecule has 0 saturated carbocycles. The topological polar surface area (TPSA) is 123 Å². The number of nitrogens with one attached hydrogen (secondary N) is 2. The van der Waals surface area contributed by atoms with E-state index in [0.717, 1.165) is 25.1 Å². The first kappa shape index (κ1) is 20.0. The molecule has 0 spiro atoms. The molecule has 1 aromatic carbocycles. The zero-order chi connectivity index (χ0) is 21.3. The first-order valence-corrected chi connectivity index (χ1v) is 9.92. The third kappa shape index (κ3) is 4.04. The molecule has 3 aromatic rings. The van der Waals surface area contributed by atoms with Crippen LogP contribution in [0, 0.1) is 5.92 Å². The maximum Gasteiger partial charge on any atom is 0.243 e. The fourth-order valence-electron chi connectivity index (χ4n) is 3.66. The number of piperidine rings is 1. The molecular formula is C19H23ClN8O2. The van der Waals surface area contributed by atoms with Gasteiger partial charge in [0, 0.05) is 42.8 Å². The van der Waals surface area contributed by atoms with Gasteiger partial charge in [-0.25, -0.2) is 4.98 Å². The second-order valence-corrected chi connectivity index (χ2v) is 7.64. The normalized spacial score (nSPS) is 16.5. The molecular weight excluding hydrogens is 408 g/mol. The van der Waals surface area contributed by atoms with Crippen molar-refractivity contribution in [3.63, 3.8) is 0 Å². The summed E-state index contributed by atoms with van der Waals surface area (Å²) in [5.74, 6) is 0.588. The number of hydrazine groups is 1. The molecule has 1 aliphatic heterocycles. The third-order valence-electron chi connectivity index (χ3n) is 5.12. The highest BCUT2D eigenvalue weighted by Gasteiger charge is 2.27. The summed E-state index contributed by atoms with van der Waals surface area (Å²) in [6.07, 6.45) is 5.48. The van der Waals surface area contributed by atoms with E-state index < -0.39 is 0 Å². The second-order valence-electron chi connectivity index (χ2n) is 7.21. The number of fused-ring (bicyclic) bond motifs is 1. The first-order valence-electron chi connectivity index (χ1n) is 9.55. The average Bonchev–Trinajstić information content (AvgIpc) is 3.18. The summed E-state index contributed by atoms with van der Waals surface area (Å²) in [4.78, 5) is 23.4. The van der Waals surface area contributed by atoms with Gasteiger partial charge in [-0.1, -0.05) is 11.6 Å². The number of amides is 1. The van der Waals surface area contributed by atoms with Gasteiger partial charge in [0.2, 0.25) is 11.9 Å². The molecule has 0 aliphatic carbocycles. The summed E-state index contributed by atoms with van der Waals surface area (Å²) in [5.41, 5.74) is 13.0. The number of hydrogen-bond acceptors (Lipinski definition) is 8. The predicted octanol–water partition coefficient (Wildman–Crippen LogP) is 1.97. The van der Waals surface area contributed by atoms with E-state index in [1.54, 1.807) is 16.8 Å². The highest BCUT2D eigenvalue weighted by Crippen LogP contribution is 2.32. The predicted molar refractivity (Wildman–Crippen MR) is 115 cm³/mol. The highest BCUT2D eigenvalue weighted by atomic mass is 35.5. The third-order valence-corrected chi connectivity index (χ3v) is 5.34. The van der Waals surface area contributed by atoms with Crippen LogP contribution in [0.1, 0.15) is 12.8 Å². The summed E-state index contributed by atoms with van der Waals surface area (Å²) in [5, 5.41) is 5.26. The van der Waals surface area contributed by atoms with Crippen molar-refractivity contribution in [2.24, 2.45) is 13.0 Å². The van der Waals surface area contributed by atoms with Gasteiger partial charge in [0.1, 0.15) is 11.3 Å². The van der Waals surface area contributed by atoms with E-state index in [2.05, 4.69) is 30.8 Å². The Morgan fingerprint density at radius 2 is 2.20 bits per heavy atom. The van der Waals surface area contributed by atoms with Gasteiger partial charge in [-0.15, -0.1) is 0 Å². The van der Waals surface area contributed by atoms with Gasteiger partial charge in [-0.2, -0.15) is 10.1 Å². The SMILES string of the molecule is COc1cc(Cl)cc2c(NNC(=O)[C@@H]3CCCN(c4cnn(C)c4)C3)nc(N)nc12. The summed E-state index contributed by atoms with van der Waals surface area (Å²) < 4.78 is 7.09. The largest absolute Gasteiger partial charge is 0.494 e. The van der Waals surface area contributed by atoms with Crippen LogP contribution in [-0.4, -0.2) is 45.9 Å². The van der Waals surface area contributed by atoms with E-state index in [4.69, 9.17) is 22.1 Å². The number of carbonyl (C=O) groups is 1. The van der Waals surface area contributed by atoms with E-state index in [1.807, 2.05) is 19.4 Å². The molecule has 0 radical (unpaired) electrons. The number of ether oxygens (including phenoxy) is 1. The molecule has 2 aromatic heterocycles. The lowest BCUT2D eigenvalue weighted by Gasteiger charge is -2.32. The number of carbonyl (C=O) groups excluding carboxylic acids is 1. The number of halogens is 1. The lowest BCUT2D eigenvalue weighted by molar-refractivity contribution is -0.124. The van der Waals surface area contributed by atoms with Gasteiger partial charge >= 0.3 is 0 Å². The van der Waals surface area contributed by atoms with Crippen molar-refractivity contribution >= 4 is 45.9 Å². The highest BCUT2D eigenvalue weighted by molar-refractivity contribution is 6.31. The Morgan fingerprint density at radius 3 is 2.93 bits per heavy atom. The number of aromatic nitrogens is 4. The molecule has 1 aliphatic rings. The smallest absolute Gasteiger partial charge is 0.243 e. The van der Waals surface area contributed by atoms with Crippen molar-refractivity contribution in [1.82, 2.24) is 25.2 Å². The zero-order valence-electron chi connectivity index (χ0n) is 16.7. The molecule has 10 nitrogen and oxygen atoms in total. The molecule has 1 fully saturated rings. The summed E-state index contributed by atoms with van der Waals surface area (Å²) in [6.45, 7) is 1.51. The Bertz CT molecular complexity index is 1090. The molecule has 1 atom stereocenters. The maximum atomic E-state index is 12.8. The molecule has 4 rings (SSSR count). The van der Waals surface area contributed by atoms with E-state index >= 15 is 0 Å². The standard InChI is InChI=1S/C19H23ClN8O2/c1-27-10-13(8-22-27)28-5-3-4-11(9-28)18(29)26-25-17-14-6-12(20)7-15(30-2)16(14)23-19(21)24-17/h6-8,10-11H,3-5,9H2,1-2H3,(H,26,29)(H3,21,23,24,25)/t11-/m1/s1. The van der Waals surface area contributed by atoms with Gasteiger partial charge < -0.3 is 15.4 Å². The van der Waals surface area contributed by atoms with Crippen molar-refractivity contribution in [2.75, 3.05) is 36.3 Å². The number of methoxy groups -OCH3 is 1. The average molecular weight is 431 g/mol. The van der Waals surface area contributed by atoms with Crippen molar-refractivity contribution in [3.05, 3.63) is 29.5 Å². The number of anilines is 3.